The van der Waals surface area contributed by atoms with Crippen LogP contribution in [0.25, 0.3) is 0 Å². The molecule has 0 aromatic heterocycles. The summed E-state index contributed by atoms with van der Waals surface area (Å²) in [5.41, 5.74) is 7.41. The van der Waals surface area contributed by atoms with Crippen LogP contribution in [0.3, 0.4) is 0 Å². The predicted octanol–water partition coefficient (Wildman–Crippen LogP) is 0.142. The van der Waals surface area contributed by atoms with Crippen molar-refractivity contribution >= 4 is 12.2 Å². The highest BCUT2D eigenvalue weighted by molar-refractivity contribution is 5.86. The Morgan fingerprint density at radius 3 is 2.33 bits per heavy atom. The number of guanidine groups is 1. The van der Waals surface area contributed by atoms with E-state index in [-0.39, 0.29) is 0 Å². The fraction of sp³-hybridized carbons (Fsp3) is 0.273. The predicted molar refractivity (Wildman–Crippen MR) is 75.4 cm³/mol. The molecule has 0 unspecified atom stereocenters. The molecule has 0 spiro atoms. The van der Waals surface area contributed by atoms with Crippen molar-refractivity contribution in [2.24, 2.45) is 15.9 Å². The molecular weight excluding hydrogens is 282 g/mol. The minimum absolute atomic E-state index is 0.448. The molecule has 0 aliphatic carbocycles. The first-order chi connectivity index (χ1) is 10.0. The molecule has 0 saturated heterocycles. The third-order valence-corrected chi connectivity index (χ3v) is 2.30. The minimum Gasteiger partial charge on any atom is -0.496 e. The molecule has 3 N–H and O–H groups in total. The minimum atomic E-state index is -0.842. The third kappa shape index (κ3) is 4.53. The number of ether oxygens (including phenoxy) is 3. The van der Waals surface area contributed by atoms with Gasteiger partial charge in [-0.2, -0.15) is 5.10 Å². The maximum Gasteiger partial charge on any atom is 0.275 e. The van der Waals surface area contributed by atoms with Crippen LogP contribution in [-0.4, -0.2) is 38.5 Å². The van der Waals surface area contributed by atoms with Gasteiger partial charge in [0.25, 0.3) is 5.96 Å². The number of hydrazine groups is 1. The molecule has 0 amide bonds. The van der Waals surface area contributed by atoms with Crippen LogP contribution in [0.2, 0.25) is 0 Å². The van der Waals surface area contributed by atoms with E-state index in [2.05, 4.69) is 10.2 Å². The van der Waals surface area contributed by atoms with Gasteiger partial charge in [-0.15, -0.1) is 5.10 Å². The summed E-state index contributed by atoms with van der Waals surface area (Å²) in [6.07, 6.45) is 1.31. The van der Waals surface area contributed by atoms with E-state index in [0.29, 0.717) is 22.8 Å². The fourth-order valence-corrected chi connectivity index (χ4v) is 1.42. The zero-order valence-corrected chi connectivity index (χ0v) is 11.7. The van der Waals surface area contributed by atoms with Gasteiger partial charge in [0.1, 0.15) is 5.75 Å². The van der Waals surface area contributed by atoms with Gasteiger partial charge in [0.05, 0.1) is 27.5 Å². The quantitative estimate of drug-likeness (QED) is 0.330. The molecule has 1 rings (SSSR count). The molecule has 1 aromatic carbocycles. The number of nitrogens with one attached hydrogen (secondary N) is 1. The lowest BCUT2D eigenvalue weighted by Crippen LogP contribution is -2.35. The highest BCUT2D eigenvalue weighted by Gasteiger charge is 2.10. The number of nitrogens with two attached hydrogens (primary N) is 1. The summed E-state index contributed by atoms with van der Waals surface area (Å²) in [5.74, 6) is 0.979. The van der Waals surface area contributed by atoms with E-state index in [1.165, 1.54) is 27.5 Å². The molecular formula is C11H15N5O5. The number of nitro groups is 1. The van der Waals surface area contributed by atoms with Crippen LogP contribution in [0.5, 0.6) is 17.2 Å². The second kappa shape index (κ2) is 7.53. The molecule has 0 atom stereocenters. The largest absolute Gasteiger partial charge is 0.496 e. The lowest BCUT2D eigenvalue weighted by atomic mass is 10.2. The monoisotopic (exact) mass is 297 g/mol. The number of hydrogen-bond donors (Lipinski definition) is 2. The highest BCUT2D eigenvalue weighted by atomic mass is 16.7. The van der Waals surface area contributed by atoms with Crippen LogP contribution in [0, 0.1) is 10.1 Å². The number of benzene rings is 1. The van der Waals surface area contributed by atoms with Crippen molar-refractivity contribution in [3.05, 3.63) is 27.8 Å². The molecule has 0 bridgehead atoms. The zero-order valence-electron chi connectivity index (χ0n) is 11.7. The molecule has 0 aliphatic heterocycles. The summed E-state index contributed by atoms with van der Waals surface area (Å²) in [7, 11) is 4.46. The van der Waals surface area contributed by atoms with Crippen LogP contribution in [0.15, 0.2) is 22.3 Å². The Kier molecular flexibility index (Phi) is 5.74. The molecule has 21 heavy (non-hydrogen) atoms. The van der Waals surface area contributed by atoms with E-state index in [1.807, 2.05) is 0 Å². The van der Waals surface area contributed by atoms with Crippen LogP contribution in [-0.2, 0) is 0 Å². The van der Waals surface area contributed by atoms with Gasteiger partial charge in [-0.1, -0.05) is 5.43 Å². The van der Waals surface area contributed by atoms with E-state index in [9.17, 15) is 10.1 Å². The number of nitrogens with zero attached hydrogens (tertiary/aromatic N) is 3. The van der Waals surface area contributed by atoms with Crippen molar-refractivity contribution < 1.29 is 19.2 Å². The number of methoxy groups -OCH3 is 3. The Labute approximate surface area is 120 Å². The normalized spacial score (nSPS) is 11.3. The summed E-state index contributed by atoms with van der Waals surface area (Å²) in [5, 5.41) is 16.3. The van der Waals surface area contributed by atoms with Gasteiger partial charge in [-0.3, -0.25) is 0 Å². The van der Waals surface area contributed by atoms with Crippen molar-refractivity contribution in [2.45, 2.75) is 0 Å². The van der Waals surface area contributed by atoms with E-state index in [1.54, 1.807) is 17.6 Å². The summed E-state index contributed by atoms with van der Waals surface area (Å²) in [6.45, 7) is 0. The SMILES string of the molecule is COc1cc(OC)c(OC)cc1C=NN=C(N)N[N+](=O)[O-]. The number of rotatable bonds is 6. The fourth-order valence-electron chi connectivity index (χ4n) is 1.42. The second-order valence-corrected chi connectivity index (χ2v) is 3.55. The smallest absolute Gasteiger partial charge is 0.275 e. The van der Waals surface area contributed by atoms with Crippen LogP contribution in [0.1, 0.15) is 5.56 Å². The van der Waals surface area contributed by atoms with Crippen molar-refractivity contribution in [1.29, 1.82) is 0 Å². The summed E-state index contributed by atoms with van der Waals surface area (Å²) in [6, 6.07) is 3.23. The van der Waals surface area contributed by atoms with Crippen LogP contribution < -0.4 is 25.4 Å². The Balaban J connectivity index is 3.04. The second-order valence-electron chi connectivity index (χ2n) is 3.55. The van der Waals surface area contributed by atoms with Crippen molar-refractivity contribution in [3.63, 3.8) is 0 Å². The van der Waals surface area contributed by atoms with Crippen LogP contribution >= 0.6 is 0 Å². The molecule has 10 heteroatoms. The molecule has 0 aliphatic rings. The van der Waals surface area contributed by atoms with E-state index in [0.717, 1.165) is 0 Å². The van der Waals surface area contributed by atoms with Gasteiger partial charge in [0.15, 0.2) is 16.5 Å². The third-order valence-electron chi connectivity index (χ3n) is 2.30. The van der Waals surface area contributed by atoms with Gasteiger partial charge in [-0.25, -0.2) is 10.1 Å². The Hall–Kier alpha value is -3.04. The molecule has 1 aromatic rings. The molecule has 114 valence electrons. The summed E-state index contributed by atoms with van der Waals surface area (Å²) >= 11 is 0. The maximum atomic E-state index is 10.1. The van der Waals surface area contributed by atoms with Crippen molar-refractivity contribution in [3.8, 4) is 17.2 Å². The van der Waals surface area contributed by atoms with Gasteiger partial charge >= 0.3 is 0 Å². The average molecular weight is 297 g/mol. The Bertz CT molecular complexity index is 572. The molecule has 0 fully saturated rings. The van der Waals surface area contributed by atoms with E-state index < -0.39 is 11.0 Å². The van der Waals surface area contributed by atoms with E-state index in [4.69, 9.17) is 19.9 Å². The highest BCUT2D eigenvalue weighted by Crippen LogP contribution is 2.33. The van der Waals surface area contributed by atoms with Crippen molar-refractivity contribution in [2.75, 3.05) is 21.3 Å². The van der Waals surface area contributed by atoms with E-state index >= 15 is 0 Å². The first kappa shape index (κ1) is 16.0. The van der Waals surface area contributed by atoms with Crippen molar-refractivity contribution in [1.82, 2.24) is 5.43 Å². The van der Waals surface area contributed by atoms with Gasteiger partial charge < -0.3 is 19.9 Å². The molecule has 0 radical (unpaired) electrons. The molecule has 10 nitrogen and oxygen atoms in total. The standard InChI is InChI=1S/C11H15N5O5/c1-19-8-5-10(21-3)9(20-2)4-7(8)6-13-14-11(12)15-16(17)18/h4-6H,1-3H3,(H3,12,14,15). The summed E-state index contributed by atoms with van der Waals surface area (Å²) in [4.78, 5) is 10.1. The van der Waals surface area contributed by atoms with Gasteiger partial charge in [0, 0.05) is 11.6 Å². The topological polar surface area (TPSA) is 134 Å². The first-order valence-electron chi connectivity index (χ1n) is 5.59. The average Bonchev–Trinajstić information content (AvgIpc) is 2.45. The molecule has 0 saturated carbocycles. The Morgan fingerprint density at radius 2 is 1.81 bits per heavy atom. The number of hydrogen-bond acceptors (Lipinski definition) is 7. The van der Waals surface area contributed by atoms with Gasteiger partial charge in [-0.05, 0) is 6.07 Å². The lowest BCUT2D eigenvalue weighted by Gasteiger charge is -2.11. The Morgan fingerprint density at radius 1 is 1.24 bits per heavy atom. The van der Waals surface area contributed by atoms with Crippen LogP contribution in [0.4, 0.5) is 0 Å². The lowest BCUT2D eigenvalue weighted by molar-refractivity contribution is -0.525. The first-order valence-corrected chi connectivity index (χ1v) is 5.59. The summed E-state index contributed by atoms with van der Waals surface area (Å²) < 4.78 is 15.5. The molecule has 0 heterocycles. The van der Waals surface area contributed by atoms with Gasteiger partial charge in [0.2, 0.25) is 0 Å². The zero-order chi connectivity index (χ0) is 15.8. The maximum absolute atomic E-state index is 10.1.